The Labute approximate surface area is 206 Å². The molecule has 2 aromatic rings. The SMILES string of the molecule is COCn1ncnc1NCCN/C(C)=C1\C(=O)C=C2Oc3c(C(C)=O)c(O)c(C)c(O)c3[C@@]2(C)C1=O. The van der Waals surface area contributed by atoms with E-state index in [0.717, 1.165) is 0 Å². The van der Waals surface area contributed by atoms with Crippen molar-refractivity contribution in [3.05, 3.63) is 46.1 Å². The highest BCUT2D eigenvalue weighted by Crippen LogP contribution is 2.57. The van der Waals surface area contributed by atoms with Crippen molar-refractivity contribution in [2.24, 2.45) is 0 Å². The minimum Gasteiger partial charge on any atom is -0.507 e. The van der Waals surface area contributed by atoms with Gasteiger partial charge in [0.15, 0.2) is 17.3 Å². The van der Waals surface area contributed by atoms with Crippen molar-refractivity contribution in [1.29, 1.82) is 0 Å². The summed E-state index contributed by atoms with van der Waals surface area (Å²) >= 11 is 0. The Hall–Kier alpha value is -4.19. The minimum absolute atomic E-state index is 0.00834. The van der Waals surface area contributed by atoms with Crippen LogP contribution < -0.4 is 15.4 Å². The van der Waals surface area contributed by atoms with Crippen molar-refractivity contribution < 1.29 is 34.1 Å². The van der Waals surface area contributed by atoms with E-state index < -0.39 is 28.5 Å². The number of nitrogens with zero attached hydrogens (tertiary/aromatic N) is 3. The first kappa shape index (κ1) is 24.9. The molecule has 12 nitrogen and oxygen atoms in total. The molecule has 0 fully saturated rings. The van der Waals surface area contributed by atoms with Gasteiger partial charge in [0.1, 0.15) is 47.0 Å². The zero-order valence-electron chi connectivity index (χ0n) is 20.6. The van der Waals surface area contributed by atoms with Crippen LogP contribution in [0.25, 0.3) is 0 Å². The highest BCUT2D eigenvalue weighted by molar-refractivity contribution is 6.31. The molecule has 190 valence electrons. The smallest absolute Gasteiger partial charge is 0.223 e. The van der Waals surface area contributed by atoms with Crippen molar-refractivity contribution in [2.75, 3.05) is 25.5 Å². The summed E-state index contributed by atoms with van der Waals surface area (Å²) in [5.74, 6) is -2.07. The van der Waals surface area contributed by atoms with Crippen LogP contribution in [0.15, 0.2) is 29.4 Å². The van der Waals surface area contributed by atoms with E-state index in [2.05, 4.69) is 20.7 Å². The molecular formula is C24H27N5O7. The maximum atomic E-state index is 13.8. The summed E-state index contributed by atoms with van der Waals surface area (Å²) in [4.78, 5) is 43.1. The Morgan fingerprint density at radius 1 is 1.22 bits per heavy atom. The summed E-state index contributed by atoms with van der Waals surface area (Å²) < 4.78 is 12.3. The number of hydrogen-bond acceptors (Lipinski definition) is 11. The van der Waals surface area contributed by atoms with E-state index in [1.165, 1.54) is 37.9 Å². The molecule has 2 heterocycles. The van der Waals surface area contributed by atoms with E-state index in [-0.39, 0.29) is 46.3 Å². The van der Waals surface area contributed by atoms with Crippen LogP contribution in [-0.4, -0.2) is 62.5 Å². The van der Waals surface area contributed by atoms with Crippen LogP contribution >= 0.6 is 0 Å². The Kier molecular flexibility index (Phi) is 6.31. The monoisotopic (exact) mass is 497 g/mol. The topological polar surface area (TPSA) is 165 Å². The molecule has 1 aromatic heterocycles. The lowest BCUT2D eigenvalue weighted by Gasteiger charge is -2.29. The van der Waals surface area contributed by atoms with Gasteiger partial charge in [0.25, 0.3) is 0 Å². The first-order valence-electron chi connectivity index (χ1n) is 11.2. The number of fused-ring (bicyclic) bond motifs is 3. The van der Waals surface area contributed by atoms with Crippen molar-refractivity contribution in [2.45, 2.75) is 39.8 Å². The van der Waals surface area contributed by atoms with Gasteiger partial charge in [-0.2, -0.15) is 10.1 Å². The zero-order chi connectivity index (χ0) is 26.4. The van der Waals surface area contributed by atoms with Crippen molar-refractivity contribution in [3.8, 4) is 17.2 Å². The molecular weight excluding hydrogens is 470 g/mol. The number of ether oxygens (including phenoxy) is 2. The second kappa shape index (κ2) is 9.11. The zero-order valence-corrected chi connectivity index (χ0v) is 20.6. The van der Waals surface area contributed by atoms with Crippen LogP contribution in [0.4, 0.5) is 5.95 Å². The summed E-state index contributed by atoms with van der Waals surface area (Å²) in [6.07, 6.45) is 2.57. The molecule has 0 spiro atoms. The lowest BCUT2D eigenvalue weighted by molar-refractivity contribution is -0.123. The molecule has 0 saturated heterocycles. The Morgan fingerprint density at radius 3 is 2.61 bits per heavy atom. The Balaban J connectivity index is 1.63. The predicted octanol–water partition coefficient (Wildman–Crippen LogP) is 1.47. The van der Waals surface area contributed by atoms with E-state index in [4.69, 9.17) is 9.47 Å². The highest BCUT2D eigenvalue weighted by Gasteiger charge is 2.56. The fourth-order valence-corrected chi connectivity index (χ4v) is 4.49. The molecule has 0 amide bonds. The largest absolute Gasteiger partial charge is 0.507 e. The van der Waals surface area contributed by atoms with Gasteiger partial charge < -0.3 is 30.3 Å². The number of allylic oxidation sites excluding steroid dienone is 4. The van der Waals surface area contributed by atoms with E-state index in [1.807, 2.05) is 0 Å². The summed E-state index contributed by atoms with van der Waals surface area (Å²) in [5, 5.41) is 31.5. The predicted molar refractivity (Wildman–Crippen MR) is 127 cm³/mol. The van der Waals surface area contributed by atoms with E-state index in [1.54, 1.807) is 14.0 Å². The molecule has 36 heavy (non-hydrogen) atoms. The number of ketones is 3. The Bertz CT molecular complexity index is 1360. The van der Waals surface area contributed by atoms with Crippen LogP contribution in [0.2, 0.25) is 0 Å². The molecule has 12 heteroatoms. The average Bonchev–Trinajstić information content (AvgIpc) is 3.37. The molecule has 4 N–H and O–H groups in total. The van der Waals surface area contributed by atoms with E-state index in [0.29, 0.717) is 24.7 Å². The van der Waals surface area contributed by atoms with Crippen molar-refractivity contribution >= 4 is 23.3 Å². The van der Waals surface area contributed by atoms with Crippen LogP contribution in [-0.2, 0) is 26.5 Å². The molecule has 4 rings (SSSR count). The number of hydrogen-bond donors (Lipinski definition) is 4. The van der Waals surface area contributed by atoms with Gasteiger partial charge in [-0.3, -0.25) is 14.4 Å². The first-order chi connectivity index (χ1) is 17.0. The van der Waals surface area contributed by atoms with Gasteiger partial charge in [-0.05, 0) is 27.7 Å². The maximum Gasteiger partial charge on any atom is 0.223 e. The standard InChI is InChI=1S/C24H27N5O7/c1-11-19(32)17(13(3)30)21-18(20(11)33)24(4)15(36-21)8-14(31)16(22(24)34)12(2)25-6-7-26-23-27-9-28-29(23)10-35-5/h8-9,25,32-33H,6-7,10H2,1-5H3,(H,26,27,28)/b16-12+/t24-/m0/s1. The van der Waals surface area contributed by atoms with E-state index in [9.17, 15) is 24.6 Å². The summed E-state index contributed by atoms with van der Waals surface area (Å²) in [5.41, 5.74) is -1.35. The molecule has 1 aliphatic carbocycles. The highest BCUT2D eigenvalue weighted by atomic mass is 16.5. The van der Waals surface area contributed by atoms with E-state index >= 15 is 0 Å². The normalized spacial score (nSPS) is 19.9. The summed E-state index contributed by atoms with van der Waals surface area (Å²) in [6, 6.07) is 0. The number of rotatable bonds is 8. The quantitative estimate of drug-likeness (QED) is 0.181. The van der Waals surface area contributed by atoms with Gasteiger partial charge in [-0.15, -0.1) is 0 Å². The fraction of sp³-hybridized carbons (Fsp3) is 0.375. The third-order valence-corrected chi connectivity index (χ3v) is 6.42. The fourth-order valence-electron chi connectivity index (χ4n) is 4.49. The lowest BCUT2D eigenvalue weighted by Crippen LogP contribution is -2.41. The number of Topliss-reactive ketones (excluding diaryl/α,β-unsaturated/α-hetero) is 2. The van der Waals surface area contributed by atoms with Gasteiger partial charge in [0.05, 0.1) is 11.1 Å². The van der Waals surface area contributed by atoms with Gasteiger partial charge in [0.2, 0.25) is 5.95 Å². The molecule has 1 aliphatic heterocycles. The minimum atomic E-state index is -1.55. The van der Waals surface area contributed by atoms with Crippen molar-refractivity contribution in [3.63, 3.8) is 0 Å². The number of benzene rings is 1. The first-order valence-corrected chi connectivity index (χ1v) is 11.2. The summed E-state index contributed by atoms with van der Waals surface area (Å²) in [7, 11) is 1.54. The van der Waals surface area contributed by atoms with Gasteiger partial charge >= 0.3 is 0 Å². The third kappa shape index (κ3) is 3.70. The number of carbonyl (C=O) groups is 3. The van der Waals surface area contributed by atoms with Gasteiger partial charge in [0, 0.05) is 37.5 Å². The van der Waals surface area contributed by atoms with Crippen molar-refractivity contribution in [1.82, 2.24) is 20.1 Å². The second-order valence-electron chi connectivity index (χ2n) is 8.74. The number of aromatic hydroxyl groups is 2. The third-order valence-electron chi connectivity index (χ3n) is 6.42. The van der Waals surface area contributed by atoms with Gasteiger partial charge in [-0.1, -0.05) is 0 Å². The average molecular weight is 498 g/mol. The number of anilines is 1. The molecule has 0 unspecified atom stereocenters. The van der Waals surface area contributed by atoms with Crippen LogP contribution in [0.5, 0.6) is 17.2 Å². The molecule has 2 aliphatic rings. The van der Waals surface area contributed by atoms with Crippen LogP contribution in [0, 0.1) is 6.92 Å². The maximum absolute atomic E-state index is 13.8. The second-order valence-corrected chi connectivity index (χ2v) is 8.74. The molecule has 0 saturated carbocycles. The molecule has 1 aromatic carbocycles. The number of phenolic OH excluding ortho intramolecular Hbond substituents is 2. The van der Waals surface area contributed by atoms with Crippen LogP contribution in [0.1, 0.15) is 42.3 Å². The van der Waals surface area contributed by atoms with Crippen LogP contribution in [0.3, 0.4) is 0 Å². The number of carbonyl (C=O) groups excluding carboxylic acids is 3. The molecule has 0 bridgehead atoms. The number of phenols is 2. The lowest BCUT2D eigenvalue weighted by atomic mass is 9.70. The molecule has 0 radical (unpaired) electrons. The number of aromatic nitrogens is 3. The molecule has 1 atom stereocenters. The van der Waals surface area contributed by atoms with Gasteiger partial charge in [-0.25, -0.2) is 4.68 Å². The summed E-state index contributed by atoms with van der Waals surface area (Å²) in [6.45, 7) is 6.80. The number of nitrogens with one attached hydrogen (secondary N) is 2. The number of methoxy groups -OCH3 is 1. The Morgan fingerprint density at radius 2 is 1.94 bits per heavy atom.